The minimum atomic E-state index is -0.723. The average molecular weight is 403 g/mol. The Morgan fingerprint density at radius 1 is 1.04 bits per heavy atom. The monoisotopic (exact) mass is 401 g/mol. The molecule has 1 amide bonds. The number of amides is 1. The third-order valence-corrected chi connectivity index (χ3v) is 4.14. The largest absolute Gasteiger partial charge is 0.494 e. The Balaban J connectivity index is 1.89. The van der Waals surface area contributed by atoms with Gasteiger partial charge in [-0.15, -0.1) is 0 Å². The van der Waals surface area contributed by atoms with Crippen LogP contribution in [0.25, 0.3) is 0 Å². The maximum absolute atomic E-state index is 12.0. The quantitative estimate of drug-likeness (QED) is 0.738. The summed E-state index contributed by atoms with van der Waals surface area (Å²) in [6.45, 7) is -0.208. The molecule has 0 bridgehead atoms. The van der Waals surface area contributed by atoms with Crippen molar-refractivity contribution in [2.45, 2.75) is 6.54 Å². The van der Waals surface area contributed by atoms with Crippen LogP contribution < -0.4 is 10.1 Å². The second-order valence-electron chi connectivity index (χ2n) is 4.92. The van der Waals surface area contributed by atoms with Crippen molar-refractivity contribution in [3.63, 3.8) is 0 Å². The summed E-state index contributed by atoms with van der Waals surface area (Å²) < 4.78 is 9.95. The van der Waals surface area contributed by atoms with Crippen LogP contribution >= 0.6 is 34.8 Å². The van der Waals surface area contributed by atoms with Gasteiger partial charge in [-0.3, -0.25) is 4.79 Å². The first-order valence-corrected chi connectivity index (χ1v) is 8.26. The molecule has 2 rings (SSSR count). The second kappa shape index (κ2) is 8.94. The highest BCUT2D eigenvalue weighted by molar-refractivity contribution is 6.37. The minimum absolute atomic E-state index is 0.120. The Morgan fingerprint density at radius 2 is 1.68 bits per heavy atom. The van der Waals surface area contributed by atoms with E-state index in [0.717, 1.165) is 5.56 Å². The van der Waals surface area contributed by atoms with Crippen LogP contribution in [0.4, 0.5) is 0 Å². The minimum Gasteiger partial charge on any atom is -0.494 e. The molecule has 8 heteroatoms. The molecule has 0 spiro atoms. The van der Waals surface area contributed by atoms with Crippen LogP contribution in [-0.2, 0) is 16.1 Å². The van der Waals surface area contributed by atoms with Gasteiger partial charge >= 0.3 is 5.97 Å². The normalized spacial score (nSPS) is 10.2. The molecule has 5 nitrogen and oxygen atoms in total. The maximum Gasteiger partial charge on any atom is 0.338 e. The zero-order valence-corrected chi connectivity index (χ0v) is 15.4. The van der Waals surface area contributed by atoms with Crippen LogP contribution in [0.15, 0.2) is 36.4 Å². The molecule has 132 valence electrons. The Hall–Kier alpha value is -1.95. The molecular formula is C17H14Cl3NO4. The molecule has 1 N–H and O–H groups in total. The maximum atomic E-state index is 12.0. The molecule has 25 heavy (non-hydrogen) atoms. The third kappa shape index (κ3) is 5.26. The standard InChI is InChI=1S/C17H14Cl3NO4/c1-24-16-13(19)6-11(7-14(16)20)17(23)25-9-15(22)21-8-10-4-2-3-5-12(10)18/h2-7H,8-9H2,1H3,(H,21,22). The van der Waals surface area contributed by atoms with Crippen LogP contribution in [0.2, 0.25) is 15.1 Å². The first-order valence-electron chi connectivity index (χ1n) is 7.12. The zero-order chi connectivity index (χ0) is 18.4. The number of esters is 1. The van der Waals surface area contributed by atoms with Crippen molar-refractivity contribution < 1.29 is 19.1 Å². The Bertz CT molecular complexity index is 772. The van der Waals surface area contributed by atoms with Gasteiger partial charge in [-0.25, -0.2) is 4.79 Å². The van der Waals surface area contributed by atoms with Gasteiger partial charge in [-0.2, -0.15) is 0 Å². The first kappa shape index (κ1) is 19.4. The number of nitrogens with one attached hydrogen (secondary N) is 1. The molecule has 0 heterocycles. The Morgan fingerprint density at radius 3 is 2.28 bits per heavy atom. The van der Waals surface area contributed by atoms with E-state index in [1.54, 1.807) is 18.2 Å². The lowest BCUT2D eigenvalue weighted by Crippen LogP contribution is -2.28. The van der Waals surface area contributed by atoms with Crippen LogP contribution in [0.5, 0.6) is 5.75 Å². The molecule has 0 saturated heterocycles. The van der Waals surface area contributed by atoms with Gasteiger partial charge in [0, 0.05) is 11.6 Å². The average Bonchev–Trinajstić information content (AvgIpc) is 2.58. The van der Waals surface area contributed by atoms with Gasteiger partial charge in [0.25, 0.3) is 5.91 Å². The second-order valence-corrected chi connectivity index (χ2v) is 6.14. The van der Waals surface area contributed by atoms with Crippen molar-refractivity contribution in [1.29, 1.82) is 0 Å². The van der Waals surface area contributed by atoms with Gasteiger partial charge in [0.2, 0.25) is 0 Å². The fraction of sp³-hybridized carbons (Fsp3) is 0.176. The van der Waals surface area contributed by atoms with Crippen molar-refractivity contribution in [3.05, 3.63) is 62.6 Å². The number of hydrogen-bond acceptors (Lipinski definition) is 4. The molecule has 0 saturated carbocycles. The third-order valence-electron chi connectivity index (χ3n) is 3.21. The summed E-state index contributed by atoms with van der Waals surface area (Å²) in [7, 11) is 1.41. The van der Waals surface area contributed by atoms with E-state index in [1.165, 1.54) is 19.2 Å². The van der Waals surface area contributed by atoms with E-state index in [1.807, 2.05) is 6.07 Å². The summed E-state index contributed by atoms with van der Waals surface area (Å²) in [5, 5.41) is 3.50. The predicted octanol–water partition coefficient (Wildman–Crippen LogP) is 4.13. The lowest BCUT2D eigenvalue weighted by atomic mass is 10.2. The summed E-state index contributed by atoms with van der Waals surface area (Å²) >= 11 is 17.9. The van der Waals surface area contributed by atoms with Crippen LogP contribution in [0, 0.1) is 0 Å². The zero-order valence-electron chi connectivity index (χ0n) is 13.1. The molecular weight excluding hydrogens is 389 g/mol. The summed E-state index contributed by atoms with van der Waals surface area (Å²) in [5.74, 6) is -0.921. The van der Waals surface area contributed by atoms with E-state index < -0.39 is 18.5 Å². The first-order chi connectivity index (χ1) is 11.9. The lowest BCUT2D eigenvalue weighted by Gasteiger charge is -2.10. The molecule has 0 radical (unpaired) electrons. The van der Waals surface area contributed by atoms with Crippen LogP contribution in [0.1, 0.15) is 15.9 Å². The molecule has 0 aliphatic rings. The van der Waals surface area contributed by atoms with Gasteiger partial charge in [0.15, 0.2) is 12.4 Å². The van der Waals surface area contributed by atoms with E-state index in [-0.39, 0.29) is 27.9 Å². The topological polar surface area (TPSA) is 64.6 Å². The number of halogens is 3. The molecule has 2 aromatic carbocycles. The lowest BCUT2D eigenvalue weighted by molar-refractivity contribution is -0.124. The highest BCUT2D eigenvalue weighted by Crippen LogP contribution is 2.33. The summed E-state index contributed by atoms with van der Waals surface area (Å²) in [6.07, 6.45) is 0. The van der Waals surface area contributed by atoms with Gasteiger partial charge < -0.3 is 14.8 Å². The van der Waals surface area contributed by atoms with Crippen LogP contribution in [-0.4, -0.2) is 25.6 Å². The molecule has 0 unspecified atom stereocenters. The highest BCUT2D eigenvalue weighted by atomic mass is 35.5. The number of hydrogen-bond donors (Lipinski definition) is 1. The summed E-state index contributed by atoms with van der Waals surface area (Å²) in [4.78, 5) is 23.8. The summed E-state index contributed by atoms with van der Waals surface area (Å²) in [6, 6.07) is 9.83. The number of benzene rings is 2. The Labute approximate surface area is 159 Å². The van der Waals surface area contributed by atoms with Gasteiger partial charge in [0.1, 0.15) is 0 Å². The number of methoxy groups -OCH3 is 1. The van der Waals surface area contributed by atoms with Crippen LogP contribution in [0.3, 0.4) is 0 Å². The summed E-state index contributed by atoms with van der Waals surface area (Å²) in [5.41, 5.74) is 0.882. The predicted molar refractivity (Wildman–Crippen MR) is 96.6 cm³/mol. The van der Waals surface area contributed by atoms with E-state index in [2.05, 4.69) is 5.32 Å². The molecule has 0 aromatic heterocycles. The van der Waals surface area contributed by atoms with Crippen molar-refractivity contribution in [1.82, 2.24) is 5.32 Å². The number of rotatable bonds is 6. The van der Waals surface area contributed by atoms with Crippen molar-refractivity contribution in [2.75, 3.05) is 13.7 Å². The fourth-order valence-corrected chi connectivity index (χ4v) is 2.82. The van der Waals surface area contributed by atoms with Crippen molar-refractivity contribution in [3.8, 4) is 5.75 Å². The smallest absolute Gasteiger partial charge is 0.338 e. The van der Waals surface area contributed by atoms with E-state index in [0.29, 0.717) is 5.02 Å². The van der Waals surface area contributed by atoms with Crippen molar-refractivity contribution >= 4 is 46.7 Å². The van der Waals surface area contributed by atoms with E-state index >= 15 is 0 Å². The molecule has 2 aromatic rings. The Kier molecular flexibility index (Phi) is 6.93. The number of ether oxygens (including phenoxy) is 2. The SMILES string of the molecule is COc1c(Cl)cc(C(=O)OCC(=O)NCc2ccccc2Cl)cc1Cl. The molecule has 0 aliphatic heterocycles. The van der Waals surface area contributed by atoms with E-state index in [9.17, 15) is 9.59 Å². The molecule has 0 fully saturated rings. The van der Waals surface area contributed by atoms with Gasteiger partial charge in [-0.1, -0.05) is 53.0 Å². The fourth-order valence-electron chi connectivity index (χ4n) is 1.97. The van der Waals surface area contributed by atoms with E-state index in [4.69, 9.17) is 44.3 Å². The molecule has 0 aliphatic carbocycles. The highest BCUT2D eigenvalue weighted by Gasteiger charge is 2.15. The van der Waals surface area contributed by atoms with Gasteiger partial charge in [0.05, 0.1) is 22.7 Å². The van der Waals surface area contributed by atoms with Crippen molar-refractivity contribution in [2.24, 2.45) is 0 Å². The van der Waals surface area contributed by atoms with Gasteiger partial charge in [-0.05, 0) is 23.8 Å². The number of carbonyl (C=O) groups excluding carboxylic acids is 2. The molecule has 0 atom stereocenters. The number of carbonyl (C=O) groups is 2.